The molecule has 0 spiro atoms. The molecule has 1 amide bonds. The summed E-state index contributed by atoms with van der Waals surface area (Å²) in [6, 6.07) is 16.2. The highest BCUT2D eigenvalue weighted by Crippen LogP contribution is 2.20. The number of aliphatic hydroxyl groups is 1. The van der Waals surface area contributed by atoms with E-state index in [0.717, 1.165) is 5.39 Å². The summed E-state index contributed by atoms with van der Waals surface area (Å²) in [7, 11) is 1.56. The van der Waals surface area contributed by atoms with Gasteiger partial charge in [0.2, 0.25) is 0 Å². The van der Waals surface area contributed by atoms with Crippen LogP contribution in [0.15, 0.2) is 59.0 Å². The number of nitrogens with one attached hydrogen (secondary N) is 1. The van der Waals surface area contributed by atoms with Gasteiger partial charge in [0.05, 0.1) is 13.2 Å². The Hall–Kier alpha value is -2.79. The molecule has 1 aromatic heterocycles. The summed E-state index contributed by atoms with van der Waals surface area (Å²) in [5.41, 5.74) is 1.33. The number of hydrogen-bond donors (Lipinski definition) is 2. The van der Waals surface area contributed by atoms with E-state index in [1.807, 2.05) is 18.2 Å². The number of furan rings is 1. The van der Waals surface area contributed by atoms with Crippen molar-refractivity contribution in [3.63, 3.8) is 0 Å². The van der Waals surface area contributed by atoms with Crippen molar-refractivity contribution >= 4 is 16.9 Å². The summed E-state index contributed by atoms with van der Waals surface area (Å²) >= 11 is 0. The first-order valence-electron chi connectivity index (χ1n) is 7.26. The summed E-state index contributed by atoms with van der Waals surface area (Å²) in [6.45, 7) is 0.0864. The lowest BCUT2D eigenvalue weighted by Gasteiger charge is -2.12. The predicted octanol–water partition coefficient (Wildman–Crippen LogP) is 2.90. The third kappa shape index (κ3) is 3.35. The highest BCUT2D eigenvalue weighted by molar-refractivity contribution is 5.96. The maximum Gasteiger partial charge on any atom is 0.287 e. The highest BCUT2D eigenvalue weighted by atomic mass is 16.5. The monoisotopic (exact) mass is 311 g/mol. The smallest absolute Gasteiger partial charge is 0.287 e. The molecule has 0 aliphatic heterocycles. The summed E-state index contributed by atoms with van der Waals surface area (Å²) < 4.78 is 10.6. The fourth-order valence-corrected chi connectivity index (χ4v) is 2.34. The zero-order valence-corrected chi connectivity index (χ0v) is 12.7. The Bertz CT molecular complexity index is 792. The molecular weight excluding hydrogens is 294 g/mol. The first kappa shape index (κ1) is 15.1. The minimum atomic E-state index is -0.821. The van der Waals surface area contributed by atoms with Crippen LogP contribution < -0.4 is 10.1 Å². The summed E-state index contributed by atoms with van der Waals surface area (Å²) in [5.74, 6) is 0.525. The molecule has 0 aliphatic rings. The Labute approximate surface area is 133 Å². The van der Waals surface area contributed by atoms with Gasteiger partial charge in [0, 0.05) is 11.9 Å². The van der Waals surface area contributed by atoms with E-state index in [1.165, 1.54) is 0 Å². The van der Waals surface area contributed by atoms with Crippen LogP contribution in [0.4, 0.5) is 0 Å². The van der Waals surface area contributed by atoms with Gasteiger partial charge in [-0.15, -0.1) is 0 Å². The SMILES string of the molecule is COc1cccc(C(O)CNC(=O)c2cc3ccccc3o2)c1. The van der Waals surface area contributed by atoms with Crippen LogP contribution in [0.1, 0.15) is 22.2 Å². The van der Waals surface area contributed by atoms with Crippen LogP contribution in [0, 0.1) is 0 Å². The molecule has 3 aromatic rings. The van der Waals surface area contributed by atoms with Crippen molar-refractivity contribution in [2.24, 2.45) is 0 Å². The second kappa shape index (κ2) is 6.54. The molecule has 0 aliphatic carbocycles. The Kier molecular flexibility index (Phi) is 4.30. The van der Waals surface area contributed by atoms with Crippen LogP contribution in [0.25, 0.3) is 11.0 Å². The average Bonchev–Trinajstić information content (AvgIpc) is 3.03. The lowest BCUT2D eigenvalue weighted by molar-refractivity contribution is 0.0891. The number of ether oxygens (including phenoxy) is 1. The number of para-hydroxylation sites is 1. The zero-order chi connectivity index (χ0) is 16.2. The first-order chi connectivity index (χ1) is 11.2. The molecule has 0 fully saturated rings. The van der Waals surface area contributed by atoms with Crippen molar-refractivity contribution in [2.45, 2.75) is 6.10 Å². The lowest BCUT2D eigenvalue weighted by Crippen LogP contribution is -2.28. The van der Waals surface area contributed by atoms with Gasteiger partial charge in [0.1, 0.15) is 11.3 Å². The van der Waals surface area contributed by atoms with Crippen molar-refractivity contribution in [3.8, 4) is 5.75 Å². The second-order valence-corrected chi connectivity index (χ2v) is 5.15. The van der Waals surface area contributed by atoms with Gasteiger partial charge in [-0.3, -0.25) is 4.79 Å². The van der Waals surface area contributed by atoms with E-state index in [1.54, 1.807) is 43.5 Å². The van der Waals surface area contributed by atoms with Crippen LogP contribution in [0.5, 0.6) is 5.75 Å². The number of methoxy groups -OCH3 is 1. The van der Waals surface area contributed by atoms with Crippen molar-refractivity contribution in [2.75, 3.05) is 13.7 Å². The molecule has 0 saturated carbocycles. The molecule has 5 nitrogen and oxygen atoms in total. The van der Waals surface area contributed by atoms with Gasteiger partial charge in [-0.05, 0) is 29.8 Å². The van der Waals surface area contributed by atoms with Crippen LogP contribution in [0.3, 0.4) is 0 Å². The van der Waals surface area contributed by atoms with E-state index < -0.39 is 6.10 Å². The number of hydrogen-bond acceptors (Lipinski definition) is 4. The molecular formula is C18H17NO4. The summed E-state index contributed by atoms with van der Waals surface area (Å²) in [5, 5.41) is 13.7. The van der Waals surface area contributed by atoms with Gasteiger partial charge in [-0.2, -0.15) is 0 Å². The Morgan fingerprint density at radius 1 is 1.22 bits per heavy atom. The van der Waals surface area contributed by atoms with E-state index in [2.05, 4.69) is 5.32 Å². The summed E-state index contributed by atoms with van der Waals surface area (Å²) in [6.07, 6.45) is -0.821. The molecule has 5 heteroatoms. The molecule has 2 N–H and O–H groups in total. The van der Waals surface area contributed by atoms with Gasteiger partial charge in [-0.1, -0.05) is 30.3 Å². The van der Waals surface area contributed by atoms with E-state index in [0.29, 0.717) is 16.9 Å². The minimum Gasteiger partial charge on any atom is -0.497 e. The van der Waals surface area contributed by atoms with Crippen molar-refractivity contribution in [1.82, 2.24) is 5.32 Å². The van der Waals surface area contributed by atoms with Crippen molar-refractivity contribution in [1.29, 1.82) is 0 Å². The number of benzene rings is 2. The molecule has 1 atom stereocenters. The fraction of sp³-hybridized carbons (Fsp3) is 0.167. The molecule has 0 saturated heterocycles. The number of rotatable bonds is 5. The average molecular weight is 311 g/mol. The molecule has 1 unspecified atom stereocenters. The normalized spacial score (nSPS) is 12.1. The van der Waals surface area contributed by atoms with Gasteiger partial charge >= 0.3 is 0 Å². The topological polar surface area (TPSA) is 71.7 Å². The van der Waals surface area contributed by atoms with Crippen LogP contribution in [-0.4, -0.2) is 24.7 Å². The minimum absolute atomic E-state index is 0.0864. The van der Waals surface area contributed by atoms with Crippen molar-refractivity contribution < 1.29 is 19.1 Å². The summed E-state index contributed by atoms with van der Waals surface area (Å²) in [4.78, 5) is 12.1. The maximum atomic E-state index is 12.1. The Morgan fingerprint density at radius 2 is 2.04 bits per heavy atom. The molecule has 3 rings (SSSR count). The predicted molar refractivity (Wildman–Crippen MR) is 86.5 cm³/mol. The molecule has 0 radical (unpaired) electrons. The van der Waals surface area contributed by atoms with Crippen LogP contribution in [0.2, 0.25) is 0 Å². The van der Waals surface area contributed by atoms with Crippen LogP contribution in [-0.2, 0) is 0 Å². The van der Waals surface area contributed by atoms with E-state index >= 15 is 0 Å². The molecule has 118 valence electrons. The Balaban J connectivity index is 1.65. The standard InChI is InChI=1S/C18H17NO4/c1-22-14-7-4-6-12(9-14)15(20)11-19-18(21)17-10-13-5-2-3-8-16(13)23-17/h2-10,15,20H,11H2,1H3,(H,19,21). The maximum absolute atomic E-state index is 12.1. The quantitative estimate of drug-likeness (QED) is 0.760. The lowest BCUT2D eigenvalue weighted by atomic mass is 10.1. The number of carbonyl (C=O) groups excluding carboxylic acids is 1. The van der Waals surface area contributed by atoms with Gasteiger partial charge in [0.25, 0.3) is 5.91 Å². The van der Waals surface area contributed by atoms with Gasteiger partial charge in [0.15, 0.2) is 5.76 Å². The van der Waals surface area contributed by atoms with E-state index in [9.17, 15) is 9.90 Å². The van der Waals surface area contributed by atoms with E-state index in [4.69, 9.17) is 9.15 Å². The third-order valence-electron chi connectivity index (χ3n) is 3.58. The molecule has 1 heterocycles. The van der Waals surface area contributed by atoms with Gasteiger partial charge < -0.3 is 19.6 Å². The first-order valence-corrected chi connectivity index (χ1v) is 7.26. The largest absolute Gasteiger partial charge is 0.497 e. The fourth-order valence-electron chi connectivity index (χ4n) is 2.34. The number of aliphatic hydroxyl groups excluding tert-OH is 1. The highest BCUT2D eigenvalue weighted by Gasteiger charge is 2.14. The van der Waals surface area contributed by atoms with Crippen LogP contribution >= 0.6 is 0 Å². The number of fused-ring (bicyclic) bond motifs is 1. The number of carbonyl (C=O) groups is 1. The van der Waals surface area contributed by atoms with Crippen molar-refractivity contribution in [3.05, 3.63) is 65.9 Å². The van der Waals surface area contributed by atoms with Gasteiger partial charge in [-0.25, -0.2) is 0 Å². The second-order valence-electron chi connectivity index (χ2n) is 5.15. The Morgan fingerprint density at radius 3 is 2.83 bits per heavy atom. The molecule has 2 aromatic carbocycles. The number of amides is 1. The third-order valence-corrected chi connectivity index (χ3v) is 3.58. The molecule has 0 bridgehead atoms. The van der Waals surface area contributed by atoms with E-state index in [-0.39, 0.29) is 18.2 Å². The zero-order valence-electron chi connectivity index (χ0n) is 12.7. The molecule has 23 heavy (non-hydrogen) atoms.